The Morgan fingerprint density at radius 1 is 1.22 bits per heavy atom. The molecule has 5 rings (SSSR count). The minimum Gasteiger partial charge on any atom is -0.489 e. The highest BCUT2D eigenvalue weighted by Crippen LogP contribution is 2.38. The molecule has 138 valence electrons. The first-order chi connectivity index (χ1) is 13.3. The molecule has 2 aliphatic rings. The fraction of sp³-hybridized carbons (Fsp3) is 0.350. The van der Waals surface area contributed by atoms with Gasteiger partial charge in [0, 0.05) is 37.2 Å². The van der Waals surface area contributed by atoms with E-state index in [0.717, 1.165) is 31.4 Å². The van der Waals surface area contributed by atoms with Crippen molar-refractivity contribution in [2.75, 3.05) is 0 Å². The van der Waals surface area contributed by atoms with Gasteiger partial charge >= 0.3 is 0 Å². The van der Waals surface area contributed by atoms with Crippen LogP contribution in [0.25, 0.3) is 11.5 Å². The van der Waals surface area contributed by atoms with Crippen molar-refractivity contribution in [1.82, 2.24) is 20.1 Å². The molecule has 7 nitrogen and oxygen atoms in total. The molecule has 0 aliphatic carbocycles. The maximum Gasteiger partial charge on any atom is 0.274 e. The summed E-state index contributed by atoms with van der Waals surface area (Å²) in [6.45, 7) is 0. The van der Waals surface area contributed by atoms with Gasteiger partial charge in [-0.15, -0.1) is 0 Å². The van der Waals surface area contributed by atoms with Crippen LogP contribution >= 0.6 is 0 Å². The molecule has 2 unspecified atom stereocenters. The van der Waals surface area contributed by atoms with Crippen molar-refractivity contribution in [3.05, 3.63) is 54.7 Å². The van der Waals surface area contributed by atoms with E-state index in [2.05, 4.69) is 15.2 Å². The number of amides is 1. The van der Waals surface area contributed by atoms with E-state index in [1.807, 2.05) is 29.2 Å². The molecule has 0 saturated carbocycles. The Morgan fingerprint density at radius 2 is 2.07 bits per heavy atom. The van der Waals surface area contributed by atoms with Crippen LogP contribution < -0.4 is 4.74 Å². The molecule has 5 heterocycles. The van der Waals surface area contributed by atoms with E-state index in [9.17, 15) is 4.79 Å². The van der Waals surface area contributed by atoms with Crippen LogP contribution in [0.3, 0.4) is 0 Å². The van der Waals surface area contributed by atoms with E-state index in [1.54, 1.807) is 24.7 Å². The molecule has 27 heavy (non-hydrogen) atoms. The molecule has 2 bridgehead atoms. The topological polar surface area (TPSA) is 84.2 Å². The summed E-state index contributed by atoms with van der Waals surface area (Å²) in [5.41, 5.74) is 1.15. The molecule has 3 aromatic heterocycles. The highest BCUT2D eigenvalue weighted by Gasteiger charge is 2.44. The second-order valence-corrected chi connectivity index (χ2v) is 7.14. The van der Waals surface area contributed by atoms with Gasteiger partial charge in [0.15, 0.2) is 11.5 Å². The summed E-state index contributed by atoms with van der Waals surface area (Å²) in [5, 5.41) is 7.11. The number of hydrogen-bond acceptors (Lipinski definition) is 5. The van der Waals surface area contributed by atoms with E-state index in [1.165, 1.54) is 0 Å². The Bertz CT molecular complexity index is 908. The first-order valence-electron chi connectivity index (χ1n) is 9.26. The third-order valence-electron chi connectivity index (χ3n) is 5.45. The van der Waals surface area contributed by atoms with E-state index in [4.69, 9.17) is 9.15 Å². The molecule has 2 aliphatic heterocycles. The summed E-state index contributed by atoms with van der Waals surface area (Å²) < 4.78 is 11.5. The molecule has 0 spiro atoms. The van der Waals surface area contributed by atoms with Crippen molar-refractivity contribution < 1.29 is 13.9 Å². The Morgan fingerprint density at radius 3 is 2.78 bits per heavy atom. The summed E-state index contributed by atoms with van der Waals surface area (Å²) in [5.74, 6) is 1.45. The number of H-pyrrole nitrogens is 1. The number of ether oxygens (including phenoxy) is 1. The van der Waals surface area contributed by atoms with Crippen molar-refractivity contribution in [1.29, 1.82) is 0 Å². The SMILES string of the molecule is O=C(c1cc(-c2ccco2)[nH]n1)N1C2CCC1CC(Oc1cccnc1)C2. The van der Waals surface area contributed by atoms with Crippen LogP contribution in [0.5, 0.6) is 5.75 Å². The van der Waals surface area contributed by atoms with Crippen molar-refractivity contribution in [2.45, 2.75) is 43.9 Å². The predicted molar refractivity (Wildman–Crippen MR) is 97.2 cm³/mol. The number of furan rings is 1. The van der Waals surface area contributed by atoms with Crippen LogP contribution in [0.1, 0.15) is 36.2 Å². The second-order valence-electron chi connectivity index (χ2n) is 7.14. The third kappa shape index (κ3) is 2.99. The number of nitrogens with one attached hydrogen (secondary N) is 1. The summed E-state index contributed by atoms with van der Waals surface area (Å²) in [4.78, 5) is 19.2. The number of hydrogen-bond donors (Lipinski definition) is 1. The quantitative estimate of drug-likeness (QED) is 0.768. The van der Waals surface area contributed by atoms with Crippen molar-refractivity contribution in [2.24, 2.45) is 0 Å². The van der Waals surface area contributed by atoms with Gasteiger partial charge in [0.25, 0.3) is 5.91 Å². The number of aromatic nitrogens is 3. The zero-order valence-electron chi connectivity index (χ0n) is 14.7. The van der Waals surface area contributed by atoms with Gasteiger partial charge in [-0.1, -0.05) is 0 Å². The molecular formula is C20H20N4O3. The fourth-order valence-electron chi connectivity index (χ4n) is 4.29. The molecule has 0 aromatic carbocycles. The Kier molecular flexibility index (Phi) is 3.92. The average Bonchev–Trinajstić information content (AvgIpc) is 3.42. The number of carbonyl (C=O) groups excluding carboxylic acids is 1. The standard InChI is InChI=1S/C20H20N4O3/c25-20(18-11-17(22-23-18)19-4-2-8-26-19)24-13-5-6-14(24)10-16(9-13)27-15-3-1-7-21-12-15/h1-4,7-8,11-14,16H,5-6,9-10H2,(H,22,23). The van der Waals surface area contributed by atoms with Crippen molar-refractivity contribution in [3.63, 3.8) is 0 Å². The molecule has 7 heteroatoms. The zero-order chi connectivity index (χ0) is 18.2. The van der Waals surface area contributed by atoms with Gasteiger partial charge in [-0.05, 0) is 37.1 Å². The fourth-order valence-corrected chi connectivity index (χ4v) is 4.29. The smallest absolute Gasteiger partial charge is 0.274 e. The van der Waals surface area contributed by atoms with Crippen LogP contribution in [-0.2, 0) is 0 Å². The molecule has 3 aromatic rings. The first-order valence-corrected chi connectivity index (χ1v) is 9.26. The molecule has 2 fully saturated rings. The van der Waals surface area contributed by atoms with Crippen molar-refractivity contribution >= 4 is 5.91 Å². The lowest BCUT2D eigenvalue weighted by atomic mass is 9.99. The lowest BCUT2D eigenvalue weighted by Gasteiger charge is -2.38. The lowest BCUT2D eigenvalue weighted by Crippen LogP contribution is -2.49. The maximum atomic E-state index is 13.1. The molecule has 1 N–H and O–H groups in total. The number of pyridine rings is 1. The maximum absolute atomic E-state index is 13.1. The number of rotatable bonds is 4. The monoisotopic (exact) mass is 364 g/mol. The van der Waals surface area contributed by atoms with E-state index in [-0.39, 0.29) is 24.1 Å². The second kappa shape index (κ2) is 6.57. The van der Waals surface area contributed by atoms with Crippen LogP contribution in [-0.4, -0.2) is 44.2 Å². The average molecular weight is 364 g/mol. The van der Waals surface area contributed by atoms with Gasteiger partial charge in [-0.25, -0.2) is 0 Å². The van der Waals surface area contributed by atoms with E-state index in [0.29, 0.717) is 17.1 Å². The molecule has 2 saturated heterocycles. The van der Waals surface area contributed by atoms with Gasteiger partial charge in [0.1, 0.15) is 17.5 Å². The van der Waals surface area contributed by atoms with Gasteiger partial charge < -0.3 is 14.1 Å². The van der Waals surface area contributed by atoms with E-state index >= 15 is 0 Å². The van der Waals surface area contributed by atoms with Crippen LogP contribution in [0.15, 0.2) is 53.4 Å². The zero-order valence-corrected chi connectivity index (χ0v) is 14.7. The summed E-state index contributed by atoms with van der Waals surface area (Å²) >= 11 is 0. The minimum atomic E-state index is -0.0172. The van der Waals surface area contributed by atoms with E-state index < -0.39 is 0 Å². The summed E-state index contributed by atoms with van der Waals surface area (Å²) in [6.07, 6.45) is 8.90. The largest absolute Gasteiger partial charge is 0.489 e. The predicted octanol–water partition coefficient (Wildman–Crippen LogP) is 3.28. The Labute approximate surface area is 156 Å². The Balaban J connectivity index is 1.30. The van der Waals surface area contributed by atoms with Crippen LogP contribution in [0, 0.1) is 0 Å². The molecule has 2 atom stereocenters. The summed E-state index contributed by atoms with van der Waals surface area (Å²) in [7, 11) is 0. The van der Waals surface area contributed by atoms with Gasteiger partial charge in [-0.2, -0.15) is 5.10 Å². The number of nitrogens with zero attached hydrogens (tertiary/aromatic N) is 3. The van der Waals surface area contributed by atoms with Gasteiger partial charge in [0.05, 0.1) is 12.5 Å². The van der Waals surface area contributed by atoms with Crippen LogP contribution in [0.4, 0.5) is 0 Å². The van der Waals surface area contributed by atoms with Gasteiger partial charge in [-0.3, -0.25) is 14.9 Å². The summed E-state index contributed by atoms with van der Waals surface area (Å²) in [6, 6.07) is 9.60. The highest BCUT2D eigenvalue weighted by atomic mass is 16.5. The number of piperidine rings is 1. The number of carbonyl (C=O) groups is 1. The number of aromatic amines is 1. The molecule has 1 amide bonds. The normalized spacial score (nSPS) is 24.1. The molecule has 0 radical (unpaired) electrons. The number of fused-ring (bicyclic) bond motifs is 2. The van der Waals surface area contributed by atoms with Crippen LogP contribution in [0.2, 0.25) is 0 Å². The van der Waals surface area contributed by atoms with Gasteiger partial charge in [0.2, 0.25) is 0 Å². The lowest BCUT2D eigenvalue weighted by molar-refractivity contribution is 0.0353. The minimum absolute atomic E-state index is 0.0172. The molecular weight excluding hydrogens is 344 g/mol. The highest BCUT2D eigenvalue weighted by molar-refractivity contribution is 5.94. The first kappa shape index (κ1) is 16.1. The van der Waals surface area contributed by atoms with Crippen molar-refractivity contribution in [3.8, 4) is 17.2 Å². The third-order valence-corrected chi connectivity index (χ3v) is 5.45. The Hall–Kier alpha value is -3.09.